The van der Waals surface area contributed by atoms with Gasteiger partial charge in [-0.25, -0.2) is 9.78 Å². The Morgan fingerprint density at radius 1 is 1.13 bits per heavy atom. The minimum Gasteiger partial charge on any atom is -0.457 e. The van der Waals surface area contributed by atoms with E-state index in [1.807, 2.05) is 12.1 Å². The van der Waals surface area contributed by atoms with Crippen LogP contribution < -0.4 is 0 Å². The van der Waals surface area contributed by atoms with Crippen LogP contribution in [0.1, 0.15) is 124 Å². The Morgan fingerprint density at radius 3 is 2.49 bits per heavy atom. The summed E-state index contributed by atoms with van der Waals surface area (Å²) in [5.41, 5.74) is -0.119. The first kappa shape index (κ1) is 32.9. The maximum absolute atomic E-state index is 13.1. The summed E-state index contributed by atoms with van der Waals surface area (Å²) in [6.07, 6.45) is 9.30. The predicted octanol–water partition coefficient (Wildman–Crippen LogP) is 7.40. The van der Waals surface area contributed by atoms with E-state index in [1.165, 1.54) is 26.2 Å². The van der Waals surface area contributed by atoms with Gasteiger partial charge in [-0.15, -0.1) is 0 Å². The number of rotatable bonds is 6. The second-order valence-electron chi connectivity index (χ2n) is 17.1. The van der Waals surface area contributed by atoms with Crippen LogP contribution in [0.5, 0.6) is 0 Å². The first-order valence-corrected chi connectivity index (χ1v) is 17.7. The highest BCUT2D eigenvalue weighted by molar-refractivity contribution is 5.87. The summed E-state index contributed by atoms with van der Waals surface area (Å²) in [7, 11) is 0. The van der Waals surface area contributed by atoms with Crippen molar-refractivity contribution in [2.75, 3.05) is 0 Å². The molecule has 12 atom stereocenters. The Hall–Kier alpha value is -1.99. The van der Waals surface area contributed by atoms with Crippen molar-refractivity contribution in [2.45, 2.75) is 144 Å². The largest absolute Gasteiger partial charge is 0.457 e. The van der Waals surface area contributed by atoms with Gasteiger partial charge in [0.1, 0.15) is 11.8 Å². The monoisotopic (exact) mass is 623 g/mol. The van der Waals surface area contributed by atoms with Gasteiger partial charge in [0.05, 0.1) is 17.8 Å². The van der Waals surface area contributed by atoms with Crippen LogP contribution in [0.25, 0.3) is 0 Å². The lowest BCUT2D eigenvalue weighted by molar-refractivity contribution is -0.207. The molecule has 1 aromatic heterocycles. The van der Waals surface area contributed by atoms with Crippen LogP contribution in [0.4, 0.5) is 0 Å². The lowest BCUT2D eigenvalue weighted by atomic mass is 9.52. The second-order valence-corrected chi connectivity index (χ2v) is 17.1. The molecule has 1 saturated heterocycles. The number of ether oxygens (including phenoxy) is 3. The summed E-state index contributed by atoms with van der Waals surface area (Å²) in [6, 6.07) is 5.39. The Bertz CT molecular complexity index is 1290. The summed E-state index contributed by atoms with van der Waals surface area (Å²) < 4.78 is 18.8. The van der Waals surface area contributed by atoms with Gasteiger partial charge in [0.25, 0.3) is 0 Å². The summed E-state index contributed by atoms with van der Waals surface area (Å²) in [5, 5.41) is 10.9. The molecule has 0 amide bonds. The van der Waals surface area contributed by atoms with E-state index in [9.17, 15) is 14.7 Å². The zero-order chi connectivity index (χ0) is 32.7. The quantitative estimate of drug-likeness (QED) is 0.330. The summed E-state index contributed by atoms with van der Waals surface area (Å²) in [6.45, 7) is 19.3. The standard InChI is InChI=1S/C38H57NO6/c1-10-29-34(5,6)30(45-33(41)26-13-11-12-18-39-26)14-15-38(29)23(3)37(38)17-16-36(9)25(21-37)20-27-31(36)22(2)19-28(44-27)32(35(7,8)42)43-24(4)40/h11-13,18,22-23,25,27-32,42H,10,14-17,19-21H2,1-9H3. The number of carbonyl (C=O) groups is 2. The Balaban J connectivity index is 1.21. The molecule has 7 heteroatoms. The van der Waals surface area contributed by atoms with Crippen LogP contribution in [0.3, 0.4) is 0 Å². The van der Waals surface area contributed by atoms with Crippen molar-refractivity contribution < 1.29 is 28.9 Å². The van der Waals surface area contributed by atoms with E-state index in [1.54, 1.807) is 26.1 Å². The minimum absolute atomic E-state index is 0.120. The van der Waals surface area contributed by atoms with Crippen molar-refractivity contribution in [3.8, 4) is 0 Å². The van der Waals surface area contributed by atoms with E-state index in [2.05, 4.69) is 46.5 Å². The highest BCUT2D eigenvalue weighted by Crippen LogP contribution is 2.85. The highest BCUT2D eigenvalue weighted by Gasteiger charge is 2.80. The van der Waals surface area contributed by atoms with Crippen molar-refractivity contribution in [1.29, 1.82) is 0 Å². The number of esters is 2. The van der Waals surface area contributed by atoms with Gasteiger partial charge in [-0.3, -0.25) is 4.79 Å². The molecule has 0 aromatic carbocycles. The van der Waals surface area contributed by atoms with Gasteiger partial charge in [-0.2, -0.15) is 0 Å². The van der Waals surface area contributed by atoms with Crippen LogP contribution in [-0.4, -0.2) is 52.0 Å². The summed E-state index contributed by atoms with van der Waals surface area (Å²) >= 11 is 0. The van der Waals surface area contributed by atoms with Crippen LogP contribution in [0.15, 0.2) is 24.4 Å². The molecule has 1 aliphatic heterocycles. The van der Waals surface area contributed by atoms with E-state index in [0.29, 0.717) is 40.7 Å². The van der Waals surface area contributed by atoms with Crippen LogP contribution in [0.2, 0.25) is 0 Å². The molecular weight excluding hydrogens is 566 g/mol. The number of aliphatic hydroxyl groups is 1. The van der Waals surface area contributed by atoms with Crippen molar-refractivity contribution in [2.24, 2.45) is 51.2 Å². The van der Waals surface area contributed by atoms with E-state index in [0.717, 1.165) is 32.1 Å². The Morgan fingerprint density at radius 2 is 1.87 bits per heavy atom. The van der Waals surface area contributed by atoms with Gasteiger partial charge in [0.15, 0.2) is 6.10 Å². The highest BCUT2D eigenvalue weighted by atomic mass is 16.6. The number of pyridine rings is 1. The number of nitrogens with zero attached hydrogens (tertiary/aromatic N) is 1. The molecule has 4 saturated carbocycles. The molecule has 12 unspecified atom stereocenters. The number of hydrogen-bond donors (Lipinski definition) is 1. The fourth-order valence-corrected chi connectivity index (χ4v) is 12.6. The Labute approximate surface area is 270 Å². The summed E-state index contributed by atoms with van der Waals surface area (Å²) in [5.74, 6) is 1.91. The molecule has 7 nitrogen and oxygen atoms in total. The van der Waals surface area contributed by atoms with E-state index < -0.39 is 11.7 Å². The Kier molecular flexibility index (Phi) is 8.08. The minimum atomic E-state index is -1.18. The van der Waals surface area contributed by atoms with Crippen molar-refractivity contribution >= 4 is 11.9 Å². The zero-order valence-corrected chi connectivity index (χ0v) is 29.1. The number of hydrogen-bond acceptors (Lipinski definition) is 7. The van der Waals surface area contributed by atoms with Gasteiger partial charge in [-0.1, -0.05) is 54.0 Å². The number of fused-ring (bicyclic) bond motifs is 4. The first-order valence-electron chi connectivity index (χ1n) is 17.7. The SMILES string of the molecule is CCC1C(C)(C)C(OC(=O)c2ccccn2)CCC12C(C)C21CCC2(C)C(CC3OC(C(OC(C)=O)C(C)(C)O)CC(C)C32)C1. The molecule has 2 spiro atoms. The van der Waals surface area contributed by atoms with E-state index in [-0.39, 0.29) is 46.5 Å². The molecule has 5 fully saturated rings. The molecule has 1 N–H and O–H groups in total. The lowest BCUT2D eigenvalue weighted by Gasteiger charge is -2.54. The molecule has 250 valence electrons. The normalized spacial score (nSPS) is 44.1. The molecule has 2 heterocycles. The van der Waals surface area contributed by atoms with E-state index in [4.69, 9.17) is 14.2 Å². The van der Waals surface area contributed by atoms with Crippen LogP contribution >= 0.6 is 0 Å². The lowest BCUT2D eigenvalue weighted by Crippen LogP contribution is -2.54. The molecule has 0 bridgehead atoms. The number of carbonyl (C=O) groups excluding carboxylic acids is 2. The molecule has 4 aliphatic carbocycles. The molecule has 1 aromatic rings. The van der Waals surface area contributed by atoms with Gasteiger partial charge >= 0.3 is 11.9 Å². The molecule has 5 aliphatic rings. The van der Waals surface area contributed by atoms with Gasteiger partial charge in [-0.05, 0) is 117 Å². The van der Waals surface area contributed by atoms with Gasteiger partial charge in [0, 0.05) is 18.5 Å². The first-order chi connectivity index (χ1) is 21.0. The van der Waals surface area contributed by atoms with Gasteiger partial charge in [0.2, 0.25) is 0 Å². The zero-order valence-electron chi connectivity index (χ0n) is 29.1. The third-order valence-corrected chi connectivity index (χ3v) is 14.4. The van der Waals surface area contributed by atoms with Crippen molar-refractivity contribution in [1.82, 2.24) is 4.98 Å². The van der Waals surface area contributed by atoms with E-state index >= 15 is 0 Å². The smallest absolute Gasteiger partial charge is 0.357 e. The topological polar surface area (TPSA) is 95.0 Å². The predicted molar refractivity (Wildman–Crippen MR) is 172 cm³/mol. The van der Waals surface area contributed by atoms with Crippen LogP contribution in [-0.2, 0) is 19.0 Å². The average Bonchev–Trinajstić information content (AvgIpc) is 3.26. The number of aromatic nitrogens is 1. The van der Waals surface area contributed by atoms with Crippen LogP contribution in [0, 0.1) is 51.2 Å². The third kappa shape index (κ3) is 4.91. The molecular formula is C38H57NO6. The third-order valence-electron chi connectivity index (χ3n) is 14.4. The second kappa shape index (κ2) is 11.0. The average molecular weight is 624 g/mol. The van der Waals surface area contributed by atoms with Crippen molar-refractivity contribution in [3.63, 3.8) is 0 Å². The molecule has 45 heavy (non-hydrogen) atoms. The maximum atomic E-state index is 13.1. The van der Waals surface area contributed by atoms with Crippen molar-refractivity contribution in [3.05, 3.63) is 30.1 Å². The maximum Gasteiger partial charge on any atom is 0.357 e. The molecule has 0 radical (unpaired) electrons. The fraction of sp³-hybridized carbons (Fsp3) is 0.816. The molecule has 6 rings (SSSR count). The van der Waals surface area contributed by atoms with Gasteiger partial charge < -0.3 is 19.3 Å². The summed E-state index contributed by atoms with van der Waals surface area (Å²) in [4.78, 5) is 29.3. The fourth-order valence-electron chi connectivity index (χ4n) is 12.6.